The summed E-state index contributed by atoms with van der Waals surface area (Å²) in [5, 5.41) is 8.61. The zero-order chi connectivity index (χ0) is 14.6. The molecule has 3 nitrogen and oxygen atoms in total. The highest BCUT2D eigenvalue weighted by Gasteiger charge is 2.34. The molecule has 0 radical (unpaired) electrons. The number of rotatable bonds is 4. The predicted molar refractivity (Wildman–Crippen MR) is 57.8 cm³/mol. The van der Waals surface area contributed by atoms with Gasteiger partial charge in [0.05, 0.1) is 23.7 Å². The molecule has 1 aromatic rings. The molecule has 1 aromatic heterocycles. The molecule has 0 N–H and O–H groups in total. The minimum atomic E-state index is -5.13. The fourth-order valence-corrected chi connectivity index (χ4v) is 1.77. The van der Waals surface area contributed by atoms with Gasteiger partial charge >= 0.3 is 6.36 Å². The molecule has 0 aromatic carbocycles. The van der Waals surface area contributed by atoms with Gasteiger partial charge in [-0.2, -0.15) is 5.26 Å². The Kier molecular flexibility index (Phi) is 5.05. The van der Waals surface area contributed by atoms with Crippen molar-refractivity contribution < 1.29 is 26.7 Å². The van der Waals surface area contributed by atoms with Crippen LogP contribution < -0.4 is 4.74 Å². The summed E-state index contributed by atoms with van der Waals surface area (Å²) in [5.41, 5.74) is -0.789. The van der Waals surface area contributed by atoms with Crippen molar-refractivity contribution in [2.24, 2.45) is 0 Å². The van der Waals surface area contributed by atoms with Crippen LogP contribution in [0.1, 0.15) is 23.2 Å². The first-order valence-corrected chi connectivity index (χ1v) is 5.90. The van der Waals surface area contributed by atoms with E-state index >= 15 is 0 Å². The maximum atomic E-state index is 12.7. The van der Waals surface area contributed by atoms with Crippen molar-refractivity contribution in [3.8, 4) is 11.9 Å². The highest BCUT2D eigenvalue weighted by molar-refractivity contribution is 9.08. The third-order valence-electron chi connectivity index (χ3n) is 2.02. The Hall–Kier alpha value is -1.43. The summed E-state index contributed by atoms with van der Waals surface area (Å²) in [6, 6.07) is 2.54. The van der Waals surface area contributed by atoms with E-state index in [4.69, 9.17) is 5.26 Å². The number of aromatic nitrogens is 1. The zero-order valence-electron chi connectivity index (χ0n) is 9.14. The van der Waals surface area contributed by atoms with Crippen molar-refractivity contribution in [2.45, 2.75) is 24.5 Å². The van der Waals surface area contributed by atoms with Crippen molar-refractivity contribution in [2.75, 3.05) is 0 Å². The van der Waals surface area contributed by atoms with Gasteiger partial charge in [0.2, 0.25) is 5.88 Å². The highest BCUT2D eigenvalue weighted by Crippen LogP contribution is 2.33. The van der Waals surface area contributed by atoms with Crippen LogP contribution in [0.5, 0.6) is 5.88 Å². The van der Waals surface area contributed by atoms with Gasteiger partial charge in [0, 0.05) is 5.33 Å². The molecule has 0 amide bonds. The van der Waals surface area contributed by atoms with E-state index in [-0.39, 0.29) is 23.0 Å². The Balaban J connectivity index is 3.33. The summed E-state index contributed by atoms with van der Waals surface area (Å²) in [7, 11) is 0. The summed E-state index contributed by atoms with van der Waals surface area (Å²) in [6.45, 7) is 0. The standard InChI is InChI=1S/C10H6BrF5N2O/c11-4-5-3-6(8(12)13)9(19-10(14,15)16)18-7(5)1-2-17/h3,8H,1,4H2. The number of halogens is 6. The molecule has 0 aliphatic carbocycles. The van der Waals surface area contributed by atoms with Crippen LogP contribution in [0, 0.1) is 11.3 Å². The van der Waals surface area contributed by atoms with Crippen molar-refractivity contribution in [1.82, 2.24) is 4.98 Å². The molecule has 0 aliphatic heterocycles. The van der Waals surface area contributed by atoms with Gasteiger partial charge in [0.15, 0.2) is 0 Å². The molecule has 104 valence electrons. The molecule has 1 heterocycles. The predicted octanol–water partition coefficient (Wildman–Crippen LogP) is 3.88. The normalized spacial score (nSPS) is 11.5. The maximum absolute atomic E-state index is 12.7. The molecule has 0 aliphatic rings. The molecule has 0 saturated carbocycles. The van der Waals surface area contributed by atoms with Gasteiger partial charge in [-0.1, -0.05) is 15.9 Å². The van der Waals surface area contributed by atoms with E-state index in [9.17, 15) is 22.0 Å². The van der Waals surface area contributed by atoms with Crippen molar-refractivity contribution >= 4 is 15.9 Å². The molecule has 0 saturated heterocycles. The number of hydrogen-bond donors (Lipinski definition) is 0. The molecule has 0 bridgehead atoms. The van der Waals surface area contributed by atoms with Gasteiger partial charge < -0.3 is 4.74 Å². The number of hydrogen-bond acceptors (Lipinski definition) is 3. The summed E-state index contributed by atoms with van der Waals surface area (Å²) >= 11 is 2.99. The Morgan fingerprint density at radius 2 is 2.05 bits per heavy atom. The fraction of sp³-hybridized carbons (Fsp3) is 0.400. The number of ether oxygens (including phenoxy) is 1. The lowest BCUT2D eigenvalue weighted by molar-refractivity contribution is -0.276. The van der Waals surface area contributed by atoms with E-state index in [0.29, 0.717) is 0 Å². The monoisotopic (exact) mass is 344 g/mol. The second-order valence-corrected chi connectivity index (χ2v) is 3.87. The van der Waals surface area contributed by atoms with Gasteiger partial charge in [0.1, 0.15) is 0 Å². The number of pyridine rings is 1. The largest absolute Gasteiger partial charge is 0.574 e. The Labute approximate surface area is 113 Å². The van der Waals surface area contributed by atoms with Crippen LogP contribution in [0.2, 0.25) is 0 Å². The molecule has 0 unspecified atom stereocenters. The fourth-order valence-electron chi connectivity index (χ4n) is 1.28. The first kappa shape index (κ1) is 15.6. The van der Waals surface area contributed by atoms with Crippen LogP contribution in [-0.4, -0.2) is 11.3 Å². The van der Waals surface area contributed by atoms with Crippen LogP contribution in [0.3, 0.4) is 0 Å². The number of nitriles is 1. The second kappa shape index (κ2) is 6.14. The van der Waals surface area contributed by atoms with Crippen molar-refractivity contribution in [3.63, 3.8) is 0 Å². The Morgan fingerprint density at radius 1 is 1.42 bits per heavy atom. The van der Waals surface area contributed by atoms with E-state index in [2.05, 4.69) is 25.7 Å². The van der Waals surface area contributed by atoms with Crippen LogP contribution in [-0.2, 0) is 11.8 Å². The third-order valence-corrected chi connectivity index (χ3v) is 2.63. The van der Waals surface area contributed by atoms with Gasteiger partial charge in [-0.15, -0.1) is 13.2 Å². The van der Waals surface area contributed by atoms with Gasteiger partial charge in [0.25, 0.3) is 6.43 Å². The Morgan fingerprint density at radius 3 is 2.47 bits per heavy atom. The van der Waals surface area contributed by atoms with Crippen molar-refractivity contribution in [3.05, 3.63) is 22.9 Å². The first-order chi connectivity index (χ1) is 8.78. The molecule has 0 spiro atoms. The lowest BCUT2D eigenvalue weighted by atomic mass is 10.1. The SMILES string of the molecule is N#CCc1nc(OC(F)(F)F)c(C(F)F)cc1CBr. The first-order valence-electron chi connectivity index (χ1n) is 4.78. The third kappa shape index (κ3) is 4.31. The van der Waals surface area contributed by atoms with Crippen LogP contribution >= 0.6 is 15.9 Å². The summed E-state index contributed by atoms with van der Waals surface area (Å²) < 4.78 is 65.1. The minimum Gasteiger partial charge on any atom is -0.387 e. The molecular formula is C10H6BrF5N2O. The molecule has 0 fully saturated rings. The molecule has 9 heteroatoms. The average Bonchev–Trinajstić information content (AvgIpc) is 2.27. The van der Waals surface area contributed by atoms with Crippen LogP contribution in [0.15, 0.2) is 6.07 Å². The number of alkyl halides is 6. The van der Waals surface area contributed by atoms with E-state index < -0.39 is 24.2 Å². The van der Waals surface area contributed by atoms with E-state index in [1.807, 2.05) is 0 Å². The van der Waals surface area contributed by atoms with E-state index in [1.165, 1.54) is 0 Å². The lowest BCUT2D eigenvalue weighted by Crippen LogP contribution is -2.20. The van der Waals surface area contributed by atoms with Gasteiger partial charge in [-0.25, -0.2) is 13.8 Å². The second-order valence-electron chi connectivity index (χ2n) is 3.31. The zero-order valence-corrected chi connectivity index (χ0v) is 10.7. The molecule has 19 heavy (non-hydrogen) atoms. The molecular weight excluding hydrogens is 339 g/mol. The number of nitrogens with zero attached hydrogens (tertiary/aromatic N) is 2. The maximum Gasteiger partial charge on any atom is 0.574 e. The smallest absolute Gasteiger partial charge is 0.387 e. The van der Waals surface area contributed by atoms with Crippen molar-refractivity contribution in [1.29, 1.82) is 5.26 Å². The lowest BCUT2D eigenvalue weighted by Gasteiger charge is -2.14. The average molecular weight is 345 g/mol. The topological polar surface area (TPSA) is 45.9 Å². The van der Waals surface area contributed by atoms with Gasteiger partial charge in [-0.3, -0.25) is 0 Å². The Bertz CT molecular complexity index is 498. The van der Waals surface area contributed by atoms with Crippen LogP contribution in [0.25, 0.3) is 0 Å². The summed E-state index contributed by atoms with van der Waals surface area (Å²) in [4.78, 5) is 3.37. The summed E-state index contributed by atoms with van der Waals surface area (Å²) in [6.07, 6.45) is -8.60. The van der Waals surface area contributed by atoms with Crippen LogP contribution in [0.4, 0.5) is 22.0 Å². The minimum absolute atomic E-state index is 0.0389. The van der Waals surface area contributed by atoms with Gasteiger partial charge in [-0.05, 0) is 11.6 Å². The van der Waals surface area contributed by atoms with E-state index in [1.54, 1.807) is 6.07 Å². The summed E-state index contributed by atoms with van der Waals surface area (Å²) in [5.74, 6) is -1.22. The molecule has 1 rings (SSSR count). The molecule has 0 atom stereocenters. The van der Waals surface area contributed by atoms with E-state index in [0.717, 1.165) is 6.07 Å². The quantitative estimate of drug-likeness (QED) is 0.615. The highest BCUT2D eigenvalue weighted by atomic mass is 79.9.